The lowest BCUT2D eigenvalue weighted by atomic mass is 9.94. The van der Waals surface area contributed by atoms with Crippen molar-refractivity contribution in [1.82, 2.24) is 0 Å². The molecule has 1 saturated heterocycles. The van der Waals surface area contributed by atoms with E-state index in [-0.39, 0.29) is 28.3 Å². The van der Waals surface area contributed by atoms with Crippen molar-refractivity contribution in [2.45, 2.75) is 19.9 Å². The number of phenols is 1. The first-order chi connectivity index (χ1) is 17.7. The molecule has 0 bridgehead atoms. The van der Waals surface area contributed by atoms with Gasteiger partial charge in [-0.3, -0.25) is 24.6 Å². The SMILES string of the molecule is CCOc1cc(C2/C(=C(\O)c3cccc([N+](=O)[O-])c3)C(=O)C(=O)N2c2cc(C)ccc2O)ccc1OC. The maximum atomic E-state index is 13.4. The Balaban J connectivity index is 2.01. The van der Waals surface area contributed by atoms with Gasteiger partial charge in [-0.15, -0.1) is 0 Å². The molecule has 0 aliphatic carbocycles. The van der Waals surface area contributed by atoms with Crippen molar-refractivity contribution in [3.63, 3.8) is 0 Å². The van der Waals surface area contributed by atoms with Gasteiger partial charge in [0.25, 0.3) is 17.4 Å². The van der Waals surface area contributed by atoms with Gasteiger partial charge >= 0.3 is 0 Å². The monoisotopic (exact) mass is 504 g/mol. The Bertz CT molecular complexity index is 1450. The molecule has 3 aromatic rings. The van der Waals surface area contributed by atoms with Crippen LogP contribution in [0, 0.1) is 17.0 Å². The standard InChI is InChI=1S/C27H24N2O8/c1-4-37-22-14-16(9-11-21(22)36-3)24-23(25(31)17-6-5-7-18(13-17)29(34)35)26(32)27(33)28(24)19-12-15(2)8-10-20(19)30/h5-14,24,30-31H,4H2,1-3H3/b25-23+. The third kappa shape index (κ3) is 4.56. The van der Waals surface area contributed by atoms with E-state index in [1.807, 2.05) is 0 Å². The maximum Gasteiger partial charge on any atom is 0.300 e. The fourth-order valence-electron chi connectivity index (χ4n) is 4.28. The normalized spacial score (nSPS) is 16.6. The molecule has 190 valence electrons. The first kappa shape index (κ1) is 25.2. The van der Waals surface area contributed by atoms with Crippen molar-refractivity contribution < 1.29 is 34.2 Å². The second kappa shape index (κ2) is 10.0. The first-order valence-corrected chi connectivity index (χ1v) is 11.3. The number of rotatable bonds is 7. The van der Waals surface area contributed by atoms with Gasteiger partial charge in [0.15, 0.2) is 11.5 Å². The fourth-order valence-corrected chi connectivity index (χ4v) is 4.28. The van der Waals surface area contributed by atoms with Crippen LogP contribution in [0.3, 0.4) is 0 Å². The van der Waals surface area contributed by atoms with Gasteiger partial charge in [-0.1, -0.05) is 24.3 Å². The lowest BCUT2D eigenvalue weighted by molar-refractivity contribution is -0.384. The summed E-state index contributed by atoms with van der Waals surface area (Å²) in [6.45, 7) is 3.86. The molecule has 0 saturated carbocycles. The third-order valence-corrected chi connectivity index (χ3v) is 5.97. The van der Waals surface area contributed by atoms with Crippen molar-refractivity contribution in [2.24, 2.45) is 0 Å². The van der Waals surface area contributed by atoms with E-state index in [2.05, 4.69) is 0 Å². The summed E-state index contributed by atoms with van der Waals surface area (Å²) in [5.41, 5.74) is 0.574. The number of methoxy groups -OCH3 is 1. The van der Waals surface area contributed by atoms with Crippen LogP contribution >= 0.6 is 0 Å². The Morgan fingerprint density at radius 3 is 2.51 bits per heavy atom. The minimum Gasteiger partial charge on any atom is -0.507 e. The van der Waals surface area contributed by atoms with E-state index in [0.29, 0.717) is 23.7 Å². The molecule has 1 heterocycles. The molecule has 10 nitrogen and oxygen atoms in total. The second-order valence-corrected chi connectivity index (χ2v) is 8.31. The van der Waals surface area contributed by atoms with Crippen LogP contribution in [0.1, 0.15) is 29.7 Å². The van der Waals surface area contributed by atoms with Crippen molar-refractivity contribution in [3.05, 3.63) is 93.0 Å². The van der Waals surface area contributed by atoms with E-state index in [0.717, 1.165) is 16.5 Å². The van der Waals surface area contributed by atoms with E-state index >= 15 is 0 Å². The average molecular weight is 504 g/mol. The number of aliphatic hydroxyl groups excluding tert-OH is 1. The zero-order valence-corrected chi connectivity index (χ0v) is 20.3. The van der Waals surface area contributed by atoms with Gasteiger partial charge < -0.3 is 19.7 Å². The van der Waals surface area contributed by atoms with Crippen LogP contribution in [0.2, 0.25) is 0 Å². The van der Waals surface area contributed by atoms with Crippen LogP contribution < -0.4 is 14.4 Å². The quantitative estimate of drug-likeness (QED) is 0.156. The van der Waals surface area contributed by atoms with Crippen molar-refractivity contribution in [1.29, 1.82) is 0 Å². The van der Waals surface area contributed by atoms with Crippen LogP contribution in [0.4, 0.5) is 11.4 Å². The Morgan fingerprint density at radius 1 is 1.08 bits per heavy atom. The molecule has 1 aliphatic rings. The molecule has 1 aliphatic heterocycles. The smallest absolute Gasteiger partial charge is 0.300 e. The summed E-state index contributed by atoms with van der Waals surface area (Å²) in [4.78, 5) is 38.5. The summed E-state index contributed by atoms with van der Waals surface area (Å²) in [5, 5.41) is 33.2. The van der Waals surface area contributed by atoms with E-state index in [4.69, 9.17) is 9.47 Å². The molecule has 2 N–H and O–H groups in total. The number of Topliss-reactive ketones (excluding diaryl/α,β-unsaturated/α-hetero) is 1. The number of phenolic OH excluding ortho intramolecular Hbond substituents is 1. The zero-order chi connectivity index (χ0) is 26.9. The number of carbonyl (C=O) groups excluding carboxylic acids is 2. The van der Waals surface area contributed by atoms with Gasteiger partial charge in [0.2, 0.25) is 0 Å². The van der Waals surface area contributed by atoms with E-state index in [9.17, 15) is 29.9 Å². The van der Waals surface area contributed by atoms with Crippen LogP contribution in [0.15, 0.2) is 66.2 Å². The van der Waals surface area contributed by atoms with Crippen molar-refractivity contribution >= 4 is 28.8 Å². The number of nitro groups is 1. The fraction of sp³-hybridized carbons (Fsp3) is 0.185. The van der Waals surface area contributed by atoms with E-state index in [1.165, 1.54) is 31.4 Å². The Hall–Kier alpha value is -4.86. The number of non-ortho nitro benzene ring substituents is 1. The first-order valence-electron chi connectivity index (χ1n) is 11.3. The Kier molecular flexibility index (Phi) is 6.83. The average Bonchev–Trinajstić information content (AvgIpc) is 3.15. The molecule has 1 fully saturated rings. The van der Waals surface area contributed by atoms with Crippen LogP contribution in [0.5, 0.6) is 17.2 Å². The third-order valence-electron chi connectivity index (χ3n) is 5.97. The lowest BCUT2D eigenvalue weighted by Crippen LogP contribution is -2.29. The minimum atomic E-state index is -1.18. The number of nitro benzene ring substituents is 1. The number of ketones is 1. The molecule has 10 heteroatoms. The van der Waals surface area contributed by atoms with Crippen molar-refractivity contribution in [2.75, 3.05) is 18.6 Å². The highest BCUT2D eigenvalue weighted by molar-refractivity contribution is 6.52. The number of aromatic hydroxyl groups is 1. The molecular weight excluding hydrogens is 480 g/mol. The highest BCUT2D eigenvalue weighted by Crippen LogP contribution is 2.46. The number of benzene rings is 3. The number of ether oxygens (including phenoxy) is 2. The molecule has 37 heavy (non-hydrogen) atoms. The number of anilines is 1. The van der Waals surface area contributed by atoms with Gasteiger partial charge in [0, 0.05) is 17.7 Å². The number of aryl methyl sites for hydroxylation is 1. The van der Waals surface area contributed by atoms with Gasteiger partial charge in [-0.25, -0.2) is 0 Å². The van der Waals surface area contributed by atoms with E-state index < -0.39 is 28.4 Å². The number of carbonyl (C=O) groups is 2. The Labute approximate surface area is 212 Å². The van der Waals surface area contributed by atoms with Gasteiger partial charge in [-0.05, 0) is 49.2 Å². The predicted octanol–water partition coefficient (Wildman–Crippen LogP) is 4.64. The highest BCUT2D eigenvalue weighted by Gasteiger charge is 2.48. The zero-order valence-electron chi connectivity index (χ0n) is 20.3. The molecule has 1 amide bonds. The summed E-state index contributed by atoms with van der Waals surface area (Å²) in [7, 11) is 1.47. The summed E-state index contributed by atoms with van der Waals surface area (Å²) >= 11 is 0. The number of hydrogen-bond donors (Lipinski definition) is 2. The second-order valence-electron chi connectivity index (χ2n) is 8.31. The molecule has 0 radical (unpaired) electrons. The molecular formula is C27H24N2O8. The van der Waals surface area contributed by atoms with Crippen LogP contribution in [0.25, 0.3) is 5.76 Å². The van der Waals surface area contributed by atoms with Gasteiger partial charge in [0.1, 0.15) is 11.5 Å². The molecule has 1 atom stereocenters. The van der Waals surface area contributed by atoms with Gasteiger partial charge in [-0.2, -0.15) is 0 Å². The highest BCUT2D eigenvalue weighted by atomic mass is 16.6. The summed E-state index contributed by atoms with van der Waals surface area (Å²) < 4.78 is 11.0. The van der Waals surface area contributed by atoms with Crippen LogP contribution in [-0.2, 0) is 9.59 Å². The predicted molar refractivity (Wildman–Crippen MR) is 135 cm³/mol. The lowest BCUT2D eigenvalue weighted by Gasteiger charge is -2.27. The maximum absolute atomic E-state index is 13.4. The molecule has 0 aromatic heterocycles. The molecule has 3 aromatic carbocycles. The summed E-state index contributed by atoms with van der Waals surface area (Å²) in [6.07, 6.45) is 0. The molecule has 1 unspecified atom stereocenters. The van der Waals surface area contributed by atoms with Crippen molar-refractivity contribution in [3.8, 4) is 17.2 Å². The molecule has 0 spiro atoms. The van der Waals surface area contributed by atoms with Gasteiger partial charge in [0.05, 0.1) is 35.9 Å². The summed E-state index contributed by atoms with van der Waals surface area (Å²) in [6, 6.07) is 13.3. The number of aliphatic hydroxyl groups is 1. The number of amides is 1. The number of nitrogens with zero attached hydrogens (tertiary/aromatic N) is 2. The number of hydrogen-bond acceptors (Lipinski definition) is 8. The van der Waals surface area contributed by atoms with E-state index in [1.54, 1.807) is 44.2 Å². The summed E-state index contributed by atoms with van der Waals surface area (Å²) in [5.74, 6) is -2.06. The minimum absolute atomic E-state index is 0.00999. The Morgan fingerprint density at radius 2 is 1.84 bits per heavy atom. The van der Waals surface area contributed by atoms with Crippen LogP contribution in [-0.4, -0.2) is 40.5 Å². The largest absolute Gasteiger partial charge is 0.507 e. The topological polar surface area (TPSA) is 139 Å². The molecule has 4 rings (SSSR count).